The number of benzene rings is 1. The molecule has 1 aliphatic carbocycles. The molecule has 2 aliphatic rings. The highest BCUT2D eigenvalue weighted by molar-refractivity contribution is 7.16. The van der Waals surface area contributed by atoms with Crippen molar-refractivity contribution in [2.75, 3.05) is 13.6 Å². The van der Waals surface area contributed by atoms with E-state index in [1.165, 1.54) is 16.0 Å². The smallest absolute Gasteiger partial charge is 0.337 e. The molecule has 3 nitrogen and oxygen atoms in total. The number of rotatable bonds is 2. The van der Waals surface area contributed by atoms with E-state index in [0.717, 1.165) is 54.8 Å². The number of thiophene rings is 1. The third-order valence-corrected chi connectivity index (χ3v) is 7.02. The van der Waals surface area contributed by atoms with Gasteiger partial charge in [0.1, 0.15) is 0 Å². The van der Waals surface area contributed by atoms with Crippen molar-refractivity contribution < 1.29 is 9.90 Å². The molecule has 0 saturated carbocycles. The van der Waals surface area contributed by atoms with Crippen molar-refractivity contribution in [2.45, 2.75) is 46.1 Å². The Bertz CT molecular complexity index is 850. The number of carboxylic acid groups (broad SMARTS) is 1. The third-order valence-electron chi connectivity index (χ3n) is 5.70. The van der Waals surface area contributed by atoms with E-state index in [9.17, 15) is 9.90 Å². The van der Waals surface area contributed by atoms with E-state index >= 15 is 0 Å². The van der Waals surface area contributed by atoms with E-state index in [0.29, 0.717) is 5.56 Å². The standard InChI is InChI=1S/C21H25NO2S/c1-21(2)9-7-17-15(11-21)18(20(23)24)19(25-17)14-6-4-5-13-8-10-22(3)12-16(13)14/h4-6H,7-12H2,1-3H3,(H,23,24). The van der Waals surface area contributed by atoms with Gasteiger partial charge in [-0.1, -0.05) is 32.0 Å². The van der Waals surface area contributed by atoms with Gasteiger partial charge in [0.2, 0.25) is 0 Å². The SMILES string of the molecule is CN1CCc2cccc(-c3sc4c(c3C(=O)O)CC(C)(C)CC4)c2C1. The van der Waals surface area contributed by atoms with Gasteiger partial charge < -0.3 is 10.0 Å². The van der Waals surface area contributed by atoms with Crippen LogP contribution in [0.25, 0.3) is 10.4 Å². The maximum Gasteiger partial charge on any atom is 0.337 e. The van der Waals surface area contributed by atoms with Gasteiger partial charge in [0.15, 0.2) is 0 Å². The van der Waals surface area contributed by atoms with Gasteiger partial charge in [-0.3, -0.25) is 0 Å². The highest BCUT2D eigenvalue weighted by atomic mass is 32.1. The van der Waals surface area contributed by atoms with E-state index in [-0.39, 0.29) is 5.41 Å². The zero-order valence-electron chi connectivity index (χ0n) is 15.2. The molecule has 0 bridgehead atoms. The average Bonchev–Trinajstić information content (AvgIpc) is 2.91. The summed E-state index contributed by atoms with van der Waals surface area (Å²) in [5.74, 6) is -0.771. The molecule has 1 N–H and O–H groups in total. The van der Waals surface area contributed by atoms with Gasteiger partial charge in [-0.15, -0.1) is 11.3 Å². The lowest BCUT2D eigenvalue weighted by molar-refractivity contribution is 0.0696. The van der Waals surface area contributed by atoms with Gasteiger partial charge in [-0.25, -0.2) is 4.79 Å². The second-order valence-corrected chi connectivity index (χ2v) is 9.39. The molecule has 1 aromatic carbocycles. The first-order chi connectivity index (χ1) is 11.9. The highest BCUT2D eigenvalue weighted by Crippen LogP contribution is 2.46. The van der Waals surface area contributed by atoms with Crippen molar-refractivity contribution in [3.05, 3.63) is 45.3 Å². The quantitative estimate of drug-likeness (QED) is 0.855. The van der Waals surface area contributed by atoms with Gasteiger partial charge in [-0.05, 0) is 60.4 Å². The second kappa shape index (κ2) is 5.96. The molecule has 132 valence electrons. The average molecular weight is 356 g/mol. The molecular formula is C21H25NO2S. The summed E-state index contributed by atoms with van der Waals surface area (Å²) in [6, 6.07) is 6.41. The molecule has 25 heavy (non-hydrogen) atoms. The fraction of sp³-hybridized carbons (Fsp3) is 0.476. The monoisotopic (exact) mass is 355 g/mol. The Labute approximate surface area is 153 Å². The molecule has 0 spiro atoms. The Morgan fingerprint density at radius 1 is 1.24 bits per heavy atom. The molecule has 2 heterocycles. The van der Waals surface area contributed by atoms with E-state index in [4.69, 9.17) is 0 Å². The fourth-order valence-corrected chi connectivity index (χ4v) is 5.63. The second-order valence-electron chi connectivity index (χ2n) is 8.29. The molecule has 0 atom stereocenters. The number of aromatic carboxylic acids is 1. The van der Waals surface area contributed by atoms with Crippen LogP contribution >= 0.6 is 11.3 Å². The number of nitrogens with zero attached hydrogens (tertiary/aromatic N) is 1. The summed E-state index contributed by atoms with van der Waals surface area (Å²) < 4.78 is 0. The number of likely N-dealkylation sites (N-methyl/N-ethyl adjacent to an activating group) is 1. The lowest BCUT2D eigenvalue weighted by Gasteiger charge is -2.29. The topological polar surface area (TPSA) is 40.5 Å². The van der Waals surface area contributed by atoms with E-state index in [2.05, 4.69) is 44.0 Å². The molecule has 1 aromatic heterocycles. The summed E-state index contributed by atoms with van der Waals surface area (Å²) in [6.45, 7) is 6.46. The van der Waals surface area contributed by atoms with Crippen molar-refractivity contribution in [3.63, 3.8) is 0 Å². The van der Waals surface area contributed by atoms with Gasteiger partial charge in [-0.2, -0.15) is 0 Å². The number of aryl methyl sites for hydroxylation is 1. The molecule has 4 heteroatoms. The van der Waals surface area contributed by atoms with Crippen LogP contribution in [-0.4, -0.2) is 29.6 Å². The first kappa shape index (κ1) is 16.8. The molecule has 0 fully saturated rings. The van der Waals surface area contributed by atoms with Crippen molar-refractivity contribution in [1.29, 1.82) is 0 Å². The molecule has 0 saturated heterocycles. The van der Waals surface area contributed by atoms with Crippen LogP contribution < -0.4 is 0 Å². The number of hydrogen-bond donors (Lipinski definition) is 1. The van der Waals surface area contributed by atoms with Crippen LogP contribution in [0.4, 0.5) is 0 Å². The minimum atomic E-state index is -0.771. The molecule has 0 radical (unpaired) electrons. The Hall–Kier alpha value is -1.65. The van der Waals surface area contributed by atoms with Gasteiger partial charge in [0.05, 0.1) is 5.56 Å². The van der Waals surface area contributed by atoms with Crippen molar-refractivity contribution in [2.24, 2.45) is 5.41 Å². The maximum absolute atomic E-state index is 12.2. The van der Waals surface area contributed by atoms with Gasteiger partial charge >= 0.3 is 5.97 Å². The Morgan fingerprint density at radius 3 is 2.80 bits per heavy atom. The normalized spacial score (nSPS) is 19.3. The summed E-state index contributed by atoms with van der Waals surface area (Å²) in [4.78, 5) is 16.8. The van der Waals surface area contributed by atoms with Crippen molar-refractivity contribution >= 4 is 17.3 Å². The highest BCUT2D eigenvalue weighted by Gasteiger charge is 2.33. The van der Waals surface area contributed by atoms with Crippen molar-refractivity contribution in [3.8, 4) is 10.4 Å². The van der Waals surface area contributed by atoms with Crippen LogP contribution in [0.5, 0.6) is 0 Å². The Balaban J connectivity index is 1.91. The number of hydrogen-bond acceptors (Lipinski definition) is 3. The lowest BCUT2D eigenvalue weighted by Crippen LogP contribution is -2.27. The van der Waals surface area contributed by atoms with Crippen LogP contribution in [0.3, 0.4) is 0 Å². The van der Waals surface area contributed by atoms with Crippen LogP contribution in [0, 0.1) is 5.41 Å². The minimum Gasteiger partial charge on any atom is -0.478 e. The summed E-state index contributed by atoms with van der Waals surface area (Å²) in [7, 11) is 2.14. The lowest BCUT2D eigenvalue weighted by atomic mass is 9.75. The first-order valence-corrected chi connectivity index (χ1v) is 9.85. The van der Waals surface area contributed by atoms with E-state index in [1.807, 2.05) is 0 Å². The first-order valence-electron chi connectivity index (χ1n) is 9.03. The van der Waals surface area contributed by atoms with Gasteiger partial charge in [0.25, 0.3) is 0 Å². The molecule has 0 amide bonds. The predicted molar refractivity (Wildman–Crippen MR) is 103 cm³/mol. The summed E-state index contributed by atoms with van der Waals surface area (Å²) in [5, 5.41) is 9.99. The molecule has 4 rings (SSSR count). The number of carbonyl (C=O) groups is 1. The summed E-state index contributed by atoms with van der Waals surface area (Å²) in [6.07, 6.45) is 4.05. The summed E-state index contributed by atoms with van der Waals surface area (Å²) in [5.41, 5.74) is 5.67. The maximum atomic E-state index is 12.2. The van der Waals surface area contributed by atoms with E-state index in [1.54, 1.807) is 11.3 Å². The minimum absolute atomic E-state index is 0.186. The van der Waals surface area contributed by atoms with Crippen LogP contribution in [0.15, 0.2) is 18.2 Å². The largest absolute Gasteiger partial charge is 0.478 e. The molecule has 2 aromatic rings. The van der Waals surface area contributed by atoms with Crippen molar-refractivity contribution in [1.82, 2.24) is 4.90 Å². The molecule has 0 unspecified atom stereocenters. The summed E-state index contributed by atoms with van der Waals surface area (Å²) >= 11 is 1.72. The van der Waals surface area contributed by atoms with Crippen LogP contribution in [0.1, 0.15) is 52.2 Å². The molecule has 1 aliphatic heterocycles. The number of carboxylic acids is 1. The number of fused-ring (bicyclic) bond motifs is 2. The van der Waals surface area contributed by atoms with E-state index < -0.39 is 5.97 Å². The Kier molecular flexibility index (Phi) is 4.00. The van der Waals surface area contributed by atoms with Gasteiger partial charge in [0, 0.05) is 22.8 Å². The van der Waals surface area contributed by atoms with Crippen LogP contribution in [-0.2, 0) is 25.8 Å². The predicted octanol–water partition coefficient (Wildman–Crippen LogP) is 4.62. The zero-order chi connectivity index (χ0) is 17.8. The van der Waals surface area contributed by atoms with Crippen LogP contribution in [0.2, 0.25) is 0 Å². The third kappa shape index (κ3) is 2.91. The Morgan fingerprint density at radius 2 is 2.04 bits per heavy atom. The zero-order valence-corrected chi connectivity index (χ0v) is 16.0. The fourth-order valence-electron chi connectivity index (χ4n) is 4.26. The molecular weight excluding hydrogens is 330 g/mol.